The number of nitrogens with one attached hydrogen (secondary N) is 1. The summed E-state index contributed by atoms with van der Waals surface area (Å²) in [7, 11) is 1.37. The quantitative estimate of drug-likeness (QED) is 0.347. The van der Waals surface area contributed by atoms with Crippen LogP contribution in [0, 0.1) is 17.0 Å². The third kappa shape index (κ3) is 5.96. The summed E-state index contributed by atoms with van der Waals surface area (Å²) in [5.41, 5.74) is 1.79. The average molecular weight is 370 g/mol. The van der Waals surface area contributed by atoms with E-state index in [4.69, 9.17) is 9.47 Å². The molecule has 0 spiro atoms. The van der Waals surface area contributed by atoms with Gasteiger partial charge in [0.2, 0.25) is 0 Å². The number of nitro benzene ring substituents is 1. The first-order valence-electron chi connectivity index (χ1n) is 7.93. The molecular weight excluding hydrogens is 352 g/mol. The molecule has 0 bridgehead atoms. The summed E-state index contributed by atoms with van der Waals surface area (Å²) in [6.45, 7) is 1.39. The highest BCUT2D eigenvalue weighted by Crippen LogP contribution is 2.28. The van der Waals surface area contributed by atoms with E-state index in [9.17, 15) is 19.7 Å². The number of non-ortho nitro benzene ring substituents is 1. The molecule has 8 nitrogen and oxygen atoms in total. The number of ether oxygens (including phenoxy) is 2. The fourth-order valence-corrected chi connectivity index (χ4v) is 2.22. The van der Waals surface area contributed by atoms with Crippen LogP contribution in [0.1, 0.15) is 11.1 Å². The van der Waals surface area contributed by atoms with E-state index in [2.05, 4.69) is 5.32 Å². The standard InChI is InChI=1S/C19H18N2O6/c1-13-4-3-5-14(10-13)6-9-19(23)27-12-18(22)20-16-11-15(21(24)25)7-8-17(16)26-2/h3-11H,12H2,1-2H3,(H,20,22)/b9-6+. The Morgan fingerprint density at radius 3 is 2.67 bits per heavy atom. The lowest BCUT2D eigenvalue weighted by atomic mass is 10.1. The molecule has 0 atom stereocenters. The molecule has 0 saturated heterocycles. The van der Waals surface area contributed by atoms with E-state index in [0.29, 0.717) is 0 Å². The number of nitro groups is 1. The Bertz CT molecular complexity index is 892. The lowest BCUT2D eigenvalue weighted by Gasteiger charge is -2.09. The summed E-state index contributed by atoms with van der Waals surface area (Å²) in [6, 6.07) is 11.3. The van der Waals surface area contributed by atoms with Crippen LogP contribution in [0.5, 0.6) is 5.75 Å². The lowest BCUT2D eigenvalue weighted by Crippen LogP contribution is -2.20. The van der Waals surface area contributed by atoms with Crippen molar-refractivity contribution in [3.8, 4) is 5.75 Å². The third-order valence-corrected chi connectivity index (χ3v) is 3.47. The maximum Gasteiger partial charge on any atom is 0.331 e. The number of aryl methyl sites for hydroxylation is 1. The smallest absolute Gasteiger partial charge is 0.331 e. The summed E-state index contributed by atoms with van der Waals surface area (Å²) in [4.78, 5) is 33.9. The van der Waals surface area contributed by atoms with Crippen LogP contribution < -0.4 is 10.1 Å². The number of benzene rings is 2. The first kappa shape index (κ1) is 19.6. The molecule has 2 aromatic carbocycles. The van der Waals surface area contributed by atoms with Crippen LogP contribution in [0.15, 0.2) is 48.5 Å². The van der Waals surface area contributed by atoms with Gasteiger partial charge in [-0.3, -0.25) is 14.9 Å². The zero-order chi connectivity index (χ0) is 19.8. The van der Waals surface area contributed by atoms with Gasteiger partial charge in [0.15, 0.2) is 6.61 Å². The normalized spacial score (nSPS) is 10.4. The molecule has 0 unspecified atom stereocenters. The second-order valence-electron chi connectivity index (χ2n) is 5.55. The summed E-state index contributed by atoms with van der Waals surface area (Å²) < 4.78 is 9.91. The number of hydrogen-bond acceptors (Lipinski definition) is 6. The Morgan fingerprint density at radius 2 is 2.00 bits per heavy atom. The van der Waals surface area contributed by atoms with E-state index < -0.39 is 23.4 Å². The second kappa shape index (κ2) is 9.14. The molecule has 0 aromatic heterocycles. The van der Waals surface area contributed by atoms with E-state index in [1.165, 1.54) is 25.3 Å². The minimum Gasteiger partial charge on any atom is -0.495 e. The number of carbonyl (C=O) groups is 2. The summed E-state index contributed by atoms with van der Waals surface area (Å²) >= 11 is 0. The Hall–Kier alpha value is -3.68. The summed E-state index contributed by atoms with van der Waals surface area (Å²) in [5, 5.41) is 13.3. The molecule has 0 fully saturated rings. The highest BCUT2D eigenvalue weighted by Gasteiger charge is 2.14. The average Bonchev–Trinajstić information content (AvgIpc) is 2.64. The van der Waals surface area contributed by atoms with Crippen LogP contribution in [0.2, 0.25) is 0 Å². The molecule has 0 heterocycles. The lowest BCUT2D eigenvalue weighted by molar-refractivity contribution is -0.384. The van der Waals surface area contributed by atoms with Crippen LogP contribution in [0.3, 0.4) is 0 Å². The van der Waals surface area contributed by atoms with Crippen molar-refractivity contribution in [3.05, 3.63) is 69.8 Å². The van der Waals surface area contributed by atoms with Crippen LogP contribution in [0.25, 0.3) is 6.08 Å². The fourth-order valence-electron chi connectivity index (χ4n) is 2.22. The van der Waals surface area contributed by atoms with Gasteiger partial charge in [-0.05, 0) is 24.6 Å². The number of anilines is 1. The Kier molecular flexibility index (Phi) is 6.65. The number of amides is 1. The van der Waals surface area contributed by atoms with Crippen LogP contribution in [0.4, 0.5) is 11.4 Å². The predicted octanol–water partition coefficient (Wildman–Crippen LogP) is 3.11. The van der Waals surface area contributed by atoms with Gasteiger partial charge in [0.25, 0.3) is 11.6 Å². The molecule has 0 radical (unpaired) electrons. The van der Waals surface area contributed by atoms with Crippen molar-refractivity contribution in [2.24, 2.45) is 0 Å². The van der Waals surface area contributed by atoms with Gasteiger partial charge in [-0.15, -0.1) is 0 Å². The van der Waals surface area contributed by atoms with E-state index in [0.717, 1.165) is 17.2 Å². The predicted molar refractivity (Wildman–Crippen MR) is 99.5 cm³/mol. The molecule has 27 heavy (non-hydrogen) atoms. The van der Waals surface area contributed by atoms with Crippen molar-refractivity contribution >= 4 is 29.3 Å². The zero-order valence-corrected chi connectivity index (χ0v) is 14.8. The van der Waals surface area contributed by atoms with Crippen LogP contribution in [-0.4, -0.2) is 30.5 Å². The van der Waals surface area contributed by atoms with Crippen molar-refractivity contribution in [1.29, 1.82) is 0 Å². The molecule has 140 valence electrons. The number of nitrogens with zero attached hydrogens (tertiary/aromatic N) is 1. The number of carbonyl (C=O) groups excluding carboxylic acids is 2. The van der Waals surface area contributed by atoms with Crippen molar-refractivity contribution in [1.82, 2.24) is 0 Å². The maximum absolute atomic E-state index is 11.9. The van der Waals surface area contributed by atoms with Crippen molar-refractivity contribution in [2.45, 2.75) is 6.92 Å². The van der Waals surface area contributed by atoms with E-state index in [1.807, 2.05) is 31.2 Å². The molecule has 0 aliphatic carbocycles. The Labute approximate surface area is 155 Å². The number of esters is 1. The van der Waals surface area contributed by atoms with Crippen molar-refractivity contribution in [2.75, 3.05) is 19.0 Å². The first-order valence-corrected chi connectivity index (χ1v) is 7.93. The fraction of sp³-hybridized carbons (Fsp3) is 0.158. The second-order valence-corrected chi connectivity index (χ2v) is 5.55. The number of hydrogen-bond donors (Lipinski definition) is 1. The minimum absolute atomic E-state index is 0.114. The van der Waals surface area contributed by atoms with Crippen LogP contribution >= 0.6 is 0 Å². The highest BCUT2D eigenvalue weighted by atomic mass is 16.6. The topological polar surface area (TPSA) is 108 Å². The van der Waals surface area contributed by atoms with Crippen molar-refractivity contribution in [3.63, 3.8) is 0 Å². The van der Waals surface area contributed by atoms with Crippen LogP contribution in [-0.2, 0) is 14.3 Å². The summed E-state index contributed by atoms with van der Waals surface area (Å²) in [6.07, 6.45) is 2.80. The van der Waals surface area contributed by atoms with Gasteiger partial charge in [-0.2, -0.15) is 0 Å². The summed E-state index contributed by atoms with van der Waals surface area (Å²) in [5.74, 6) is -1.08. The van der Waals surface area contributed by atoms with Gasteiger partial charge in [-0.25, -0.2) is 4.79 Å². The molecule has 0 saturated carbocycles. The zero-order valence-electron chi connectivity index (χ0n) is 14.8. The van der Waals surface area contributed by atoms with E-state index in [1.54, 1.807) is 6.08 Å². The molecule has 1 amide bonds. The van der Waals surface area contributed by atoms with Gasteiger partial charge in [0, 0.05) is 18.2 Å². The molecule has 2 rings (SSSR count). The van der Waals surface area contributed by atoms with Crippen molar-refractivity contribution < 1.29 is 24.0 Å². The number of methoxy groups -OCH3 is 1. The first-order chi connectivity index (χ1) is 12.9. The minimum atomic E-state index is -0.683. The molecule has 0 aliphatic heterocycles. The Balaban J connectivity index is 1.93. The van der Waals surface area contributed by atoms with E-state index in [-0.39, 0.29) is 17.1 Å². The third-order valence-electron chi connectivity index (χ3n) is 3.47. The molecule has 2 aromatic rings. The monoisotopic (exact) mass is 370 g/mol. The van der Waals surface area contributed by atoms with Gasteiger partial charge < -0.3 is 14.8 Å². The molecule has 0 aliphatic rings. The molecule has 1 N–H and O–H groups in total. The largest absolute Gasteiger partial charge is 0.495 e. The molecule has 8 heteroatoms. The SMILES string of the molecule is COc1ccc([N+](=O)[O-])cc1NC(=O)COC(=O)/C=C/c1cccc(C)c1. The highest BCUT2D eigenvalue weighted by molar-refractivity contribution is 5.96. The Morgan fingerprint density at radius 1 is 1.22 bits per heavy atom. The van der Waals surface area contributed by atoms with Gasteiger partial charge >= 0.3 is 5.97 Å². The van der Waals surface area contributed by atoms with Gasteiger partial charge in [-0.1, -0.05) is 29.8 Å². The number of rotatable bonds is 7. The van der Waals surface area contributed by atoms with Gasteiger partial charge in [0.1, 0.15) is 5.75 Å². The van der Waals surface area contributed by atoms with E-state index >= 15 is 0 Å². The van der Waals surface area contributed by atoms with Gasteiger partial charge in [0.05, 0.1) is 17.7 Å². The molecular formula is C19H18N2O6. The maximum atomic E-state index is 11.9.